The smallest absolute Gasteiger partial charge is 0.240 e. The van der Waals surface area contributed by atoms with Crippen molar-refractivity contribution >= 4 is 35.0 Å². The Balaban J connectivity index is 1.72. The molecule has 3 atom stereocenters. The van der Waals surface area contributed by atoms with Gasteiger partial charge in [0.25, 0.3) is 0 Å². The number of likely N-dealkylation sites (N-methyl/N-ethyl adjacent to an activating group) is 1. The summed E-state index contributed by atoms with van der Waals surface area (Å²) >= 11 is 12.3. The molecule has 1 fully saturated rings. The van der Waals surface area contributed by atoms with Crippen molar-refractivity contribution in [3.63, 3.8) is 0 Å². The van der Waals surface area contributed by atoms with E-state index in [0.29, 0.717) is 49.1 Å². The monoisotopic (exact) mass is 506 g/mol. The Bertz CT molecular complexity index is 973. The number of benzene rings is 2. The summed E-state index contributed by atoms with van der Waals surface area (Å²) in [5.74, 6) is -0.213. The number of nitrogens with zero attached hydrogens (tertiary/aromatic N) is 2. The van der Waals surface area contributed by atoms with E-state index in [0.717, 1.165) is 11.1 Å². The van der Waals surface area contributed by atoms with Crippen molar-refractivity contribution < 1.29 is 14.3 Å². The molecule has 0 radical (unpaired) electrons. The Morgan fingerprint density at radius 1 is 1.12 bits per heavy atom. The molecular formula is C25H32Cl2N4O3. The van der Waals surface area contributed by atoms with Gasteiger partial charge >= 0.3 is 0 Å². The van der Waals surface area contributed by atoms with Crippen molar-refractivity contribution in [3.05, 3.63) is 69.7 Å². The molecule has 3 unspecified atom stereocenters. The molecule has 1 heterocycles. The van der Waals surface area contributed by atoms with E-state index in [4.69, 9.17) is 33.7 Å². The first-order valence-corrected chi connectivity index (χ1v) is 12.1. The number of hydrogen-bond acceptors (Lipinski definition) is 5. The van der Waals surface area contributed by atoms with Crippen LogP contribution in [0.1, 0.15) is 11.1 Å². The Hall–Kier alpha value is -2.16. The molecule has 7 nitrogen and oxygen atoms in total. The zero-order valence-corrected chi connectivity index (χ0v) is 21.1. The lowest BCUT2D eigenvalue weighted by atomic mass is 10.00. The van der Waals surface area contributed by atoms with Crippen LogP contribution in [0.5, 0.6) is 0 Å². The van der Waals surface area contributed by atoms with Gasteiger partial charge in [-0.15, -0.1) is 0 Å². The van der Waals surface area contributed by atoms with Crippen molar-refractivity contribution in [2.24, 2.45) is 5.73 Å². The van der Waals surface area contributed by atoms with Gasteiger partial charge in [-0.3, -0.25) is 14.5 Å². The zero-order valence-electron chi connectivity index (χ0n) is 19.5. The van der Waals surface area contributed by atoms with E-state index in [2.05, 4.69) is 10.2 Å². The van der Waals surface area contributed by atoms with Crippen LogP contribution >= 0.6 is 23.2 Å². The molecule has 2 aromatic rings. The quantitative estimate of drug-likeness (QED) is 0.545. The largest absolute Gasteiger partial charge is 0.382 e. The number of hydrogen-bond donors (Lipinski definition) is 2. The second-order valence-electron chi connectivity index (χ2n) is 8.50. The number of carbonyl (C=O) groups is 2. The predicted molar refractivity (Wildman–Crippen MR) is 135 cm³/mol. The lowest BCUT2D eigenvalue weighted by Crippen LogP contribution is -2.63. The number of nitrogens with one attached hydrogen (secondary N) is 1. The average molecular weight is 507 g/mol. The summed E-state index contributed by atoms with van der Waals surface area (Å²) in [5.41, 5.74) is 8.16. The molecule has 0 aromatic heterocycles. The minimum absolute atomic E-state index is 0.0877. The summed E-state index contributed by atoms with van der Waals surface area (Å²) in [6.45, 7) is 1.84. The topological polar surface area (TPSA) is 87.9 Å². The van der Waals surface area contributed by atoms with Gasteiger partial charge in [0.1, 0.15) is 0 Å². The number of nitrogens with two attached hydrogens (primary N) is 1. The van der Waals surface area contributed by atoms with Gasteiger partial charge in [0.15, 0.2) is 0 Å². The number of amides is 2. The van der Waals surface area contributed by atoms with Crippen LogP contribution < -0.4 is 11.1 Å². The molecule has 0 saturated carbocycles. The fourth-order valence-electron chi connectivity index (χ4n) is 4.39. The second-order valence-corrected chi connectivity index (χ2v) is 9.34. The highest BCUT2D eigenvalue weighted by molar-refractivity contribution is 6.31. The lowest BCUT2D eigenvalue weighted by Gasteiger charge is -2.44. The maximum atomic E-state index is 13.3. The van der Waals surface area contributed by atoms with Crippen LogP contribution in [0, 0.1) is 0 Å². The molecule has 3 N–H and O–H groups in total. The number of piperazine rings is 1. The number of ether oxygens (including phenoxy) is 1. The van der Waals surface area contributed by atoms with Gasteiger partial charge in [0.05, 0.1) is 24.7 Å². The highest BCUT2D eigenvalue weighted by atomic mass is 35.5. The van der Waals surface area contributed by atoms with Crippen molar-refractivity contribution in [1.82, 2.24) is 15.1 Å². The van der Waals surface area contributed by atoms with Gasteiger partial charge < -0.3 is 20.7 Å². The van der Waals surface area contributed by atoms with Gasteiger partial charge in [-0.25, -0.2) is 0 Å². The number of halogens is 2. The van der Waals surface area contributed by atoms with Crippen LogP contribution in [0.4, 0.5) is 0 Å². The minimum Gasteiger partial charge on any atom is -0.382 e. The normalized spacial score (nSPS) is 18.4. The third kappa shape index (κ3) is 6.71. The highest BCUT2D eigenvalue weighted by Gasteiger charge is 2.37. The van der Waals surface area contributed by atoms with Crippen molar-refractivity contribution in [2.45, 2.75) is 31.0 Å². The number of rotatable bonds is 9. The first kappa shape index (κ1) is 26.4. The molecule has 0 aliphatic carbocycles. The van der Waals surface area contributed by atoms with Crippen molar-refractivity contribution in [3.8, 4) is 0 Å². The summed E-state index contributed by atoms with van der Waals surface area (Å²) in [6, 6.07) is 13.6. The Morgan fingerprint density at radius 2 is 1.82 bits per heavy atom. The van der Waals surface area contributed by atoms with E-state index in [1.54, 1.807) is 31.2 Å². The fourth-order valence-corrected chi connectivity index (χ4v) is 4.73. The van der Waals surface area contributed by atoms with E-state index < -0.39 is 12.1 Å². The van der Waals surface area contributed by atoms with Crippen LogP contribution in [0.25, 0.3) is 0 Å². The second kappa shape index (κ2) is 12.5. The molecule has 34 heavy (non-hydrogen) atoms. The number of carbonyl (C=O) groups excluding carboxylic acids is 2. The third-order valence-corrected chi connectivity index (χ3v) is 6.82. The van der Waals surface area contributed by atoms with Gasteiger partial charge in [0.2, 0.25) is 11.8 Å². The zero-order chi connectivity index (χ0) is 24.7. The lowest BCUT2D eigenvalue weighted by molar-refractivity contribution is -0.141. The van der Waals surface area contributed by atoms with Gasteiger partial charge in [0, 0.05) is 43.8 Å². The van der Waals surface area contributed by atoms with Crippen molar-refractivity contribution in [1.29, 1.82) is 0 Å². The molecule has 0 bridgehead atoms. The molecule has 1 saturated heterocycles. The minimum atomic E-state index is -0.676. The molecule has 9 heteroatoms. The highest BCUT2D eigenvalue weighted by Crippen LogP contribution is 2.22. The molecule has 1 aliphatic rings. The SMILES string of the molecule is CNC(=O)C(Cc1ccccc1Cl)N1CCN(C(=O)C(N)Cc2ccc(Cl)cc2)C(COC)C1. The maximum absolute atomic E-state index is 13.3. The van der Waals surface area contributed by atoms with Crippen LogP contribution in [-0.4, -0.2) is 80.1 Å². The Labute approximate surface area is 211 Å². The standard InChI is InChI=1S/C25H32Cl2N4O3/c1-29-24(32)23(14-18-5-3-4-6-21(18)27)30-11-12-31(20(15-30)16-34-2)25(33)22(28)13-17-7-9-19(26)10-8-17/h3-10,20,22-23H,11-16,28H2,1-2H3,(H,29,32). The summed E-state index contributed by atoms with van der Waals surface area (Å²) in [5, 5.41) is 4.04. The van der Waals surface area contributed by atoms with E-state index in [9.17, 15) is 9.59 Å². The summed E-state index contributed by atoms with van der Waals surface area (Å²) in [6.07, 6.45) is 0.895. The van der Waals surface area contributed by atoms with Crippen LogP contribution in [0.15, 0.2) is 48.5 Å². The molecule has 0 spiro atoms. The maximum Gasteiger partial charge on any atom is 0.240 e. The van der Waals surface area contributed by atoms with Crippen molar-refractivity contribution in [2.75, 3.05) is 40.4 Å². The average Bonchev–Trinajstić information content (AvgIpc) is 2.84. The van der Waals surface area contributed by atoms with E-state index >= 15 is 0 Å². The van der Waals surface area contributed by atoms with E-state index in [-0.39, 0.29) is 17.9 Å². The van der Waals surface area contributed by atoms with Gasteiger partial charge in [-0.05, 0) is 42.2 Å². The predicted octanol–water partition coefficient (Wildman–Crippen LogP) is 2.38. The van der Waals surface area contributed by atoms with E-state index in [1.807, 2.05) is 36.4 Å². The first-order valence-electron chi connectivity index (χ1n) is 11.3. The molecular weight excluding hydrogens is 475 g/mol. The Morgan fingerprint density at radius 3 is 2.47 bits per heavy atom. The molecule has 2 amide bonds. The number of methoxy groups -OCH3 is 1. The Kier molecular flexibility index (Phi) is 9.74. The van der Waals surface area contributed by atoms with Crippen LogP contribution in [0.3, 0.4) is 0 Å². The first-order chi connectivity index (χ1) is 16.3. The van der Waals surface area contributed by atoms with Gasteiger partial charge in [-0.1, -0.05) is 53.5 Å². The third-order valence-electron chi connectivity index (χ3n) is 6.20. The summed E-state index contributed by atoms with van der Waals surface area (Å²) < 4.78 is 5.43. The molecule has 184 valence electrons. The fraction of sp³-hybridized carbons (Fsp3) is 0.440. The van der Waals surface area contributed by atoms with Crippen LogP contribution in [-0.2, 0) is 27.2 Å². The van der Waals surface area contributed by atoms with E-state index in [1.165, 1.54) is 0 Å². The van der Waals surface area contributed by atoms with Gasteiger partial charge in [-0.2, -0.15) is 0 Å². The molecule has 2 aromatic carbocycles. The summed E-state index contributed by atoms with van der Waals surface area (Å²) in [7, 11) is 3.24. The molecule has 1 aliphatic heterocycles. The molecule has 3 rings (SSSR count). The van der Waals surface area contributed by atoms with Crippen LogP contribution in [0.2, 0.25) is 10.0 Å². The summed E-state index contributed by atoms with van der Waals surface area (Å²) in [4.78, 5) is 30.0.